The first kappa shape index (κ1) is 12.3. The smallest absolute Gasteiger partial charge is 0.127 e. The van der Waals surface area contributed by atoms with Crippen molar-refractivity contribution in [1.82, 2.24) is 4.90 Å². The number of benzene rings is 1. The van der Waals surface area contributed by atoms with Crippen LogP contribution in [0, 0.1) is 5.41 Å². The van der Waals surface area contributed by atoms with E-state index in [1.54, 1.807) is 0 Å². The van der Waals surface area contributed by atoms with Crippen molar-refractivity contribution >= 4 is 6.29 Å². The van der Waals surface area contributed by atoms with E-state index < -0.39 is 0 Å². The Morgan fingerprint density at radius 2 is 1.71 bits per heavy atom. The lowest BCUT2D eigenvalue weighted by atomic mass is 9.83. The summed E-state index contributed by atoms with van der Waals surface area (Å²) in [6, 6.07) is 8.57. The summed E-state index contributed by atoms with van der Waals surface area (Å²) in [7, 11) is 0. The molecule has 1 aromatic carbocycles. The van der Waals surface area contributed by atoms with Crippen LogP contribution >= 0.6 is 0 Å². The first-order chi connectivity index (χ1) is 8.23. The van der Waals surface area contributed by atoms with Crippen LogP contribution in [0.4, 0.5) is 0 Å². The van der Waals surface area contributed by atoms with Crippen LogP contribution in [0.5, 0.6) is 0 Å². The summed E-state index contributed by atoms with van der Waals surface area (Å²) in [4.78, 5) is 13.7. The van der Waals surface area contributed by atoms with Crippen molar-refractivity contribution in [3.05, 3.63) is 35.4 Å². The lowest BCUT2D eigenvalue weighted by molar-refractivity contribution is -0.117. The Labute approximate surface area is 104 Å². The number of carbonyl (C=O) groups excluding carboxylic acids is 1. The molecular formula is C15H21NO. The summed E-state index contributed by atoms with van der Waals surface area (Å²) in [6.07, 6.45) is 3.02. The molecule has 0 atom stereocenters. The Morgan fingerprint density at radius 3 is 2.12 bits per heavy atom. The summed E-state index contributed by atoms with van der Waals surface area (Å²) >= 11 is 0. The molecule has 2 nitrogen and oxygen atoms in total. The van der Waals surface area contributed by atoms with Crippen LogP contribution in [0.25, 0.3) is 0 Å². The van der Waals surface area contributed by atoms with Crippen molar-refractivity contribution in [3.63, 3.8) is 0 Å². The predicted octanol–water partition coefficient (Wildman–Crippen LogP) is 3.01. The third-order valence-corrected chi connectivity index (χ3v) is 4.10. The number of carbonyl (C=O) groups is 1. The Morgan fingerprint density at radius 1 is 1.18 bits per heavy atom. The average Bonchev–Trinajstić information content (AvgIpc) is 2.78. The fourth-order valence-corrected chi connectivity index (χ4v) is 2.64. The first-order valence-electron chi connectivity index (χ1n) is 6.48. The highest BCUT2D eigenvalue weighted by molar-refractivity contribution is 5.59. The molecule has 0 unspecified atom stereocenters. The van der Waals surface area contributed by atoms with Gasteiger partial charge in [-0.3, -0.25) is 4.90 Å². The maximum Gasteiger partial charge on any atom is 0.127 e. The van der Waals surface area contributed by atoms with Crippen molar-refractivity contribution in [2.75, 3.05) is 6.54 Å². The Hall–Kier alpha value is -1.15. The van der Waals surface area contributed by atoms with Crippen LogP contribution in [0.3, 0.4) is 0 Å². The lowest BCUT2D eigenvalue weighted by Gasteiger charge is -2.30. The van der Waals surface area contributed by atoms with Crippen molar-refractivity contribution in [3.8, 4) is 0 Å². The third kappa shape index (κ3) is 2.42. The van der Waals surface area contributed by atoms with Crippen LogP contribution in [0.1, 0.15) is 37.8 Å². The second-order valence-electron chi connectivity index (χ2n) is 5.10. The summed E-state index contributed by atoms with van der Waals surface area (Å²) in [5.41, 5.74) is 2.68. The Balaban J connectivity index is 2.06. The van der Waals surface area contributed by atoms with E-state index >= 15 is 0 Å². The summed E-state index contributed by atoms with van der Waals surface area (Å²) in [5.74, 6) is 0. The van der Waals surface area contributed by atoms with Gasteiger partial charge in [-0.05, 0) is 24.0 Å². The fourth-order valence-electron chi connectivity index (χ4n) is 2.64. The minimum absolute atomic E-state index is 0.151. The molecule has 0 saturated heterocycles. The van der Waals surface area contributed by atoms with Gasteiger partial charge >= 0.3 is 0 Å². The SMILES string of the molecule is CCC(C=O)(CC)CN1Cc2ccccc2C1. The summed E-state index contributed by atoms with van der Waals surface area (Å²) in [6.45, 7) is 7.10. The summed E-state index contributed by atoms with van der Waals surface area (Å²) < 4.78 is 0. The van der Waals surface area contributed by atoms with Crippen LogP contribution in [-0.2, 0) is 17.9 Å². The highest BCUT2D eigenvalue weighted by atomic mass is 16.1. The van der Waals surface area contributed by atoms with Gasteiger partial charge in [0.25, 0.3) is 0 Å². The monoisotopic (exact) mass is 231 g/mol. The molecule has 1 aliphatic heterocycles. The molecule has 0 aromatic heterocycles. The zero-order valence-corrected chi connectivity index (χ0v) is 10.8. The maximum absolute atomic E-state index is 11.3. The summed E-state index contributed by atoms with van der Waals surface area (Å²) in [5, 5.41) is 0. The van der Waals surface area contributed by atoms with Crippen LogP contribution in [0.2, 0.25) is 0 Å². The molecule has 0 spiro atoms. The molecule has 92 valence electrons. The van der Waals surface area contributed by atoms with Crippen molar-refractivity contribution in [2.45, 2.75) is 39.8 Å². The molecule has 0 bridgehead atoms. The topological polar surface area (TPSA) is 20.3 Å². The lowest BCUT2D eigenvalue weighted by Crippen LogP contribution is -2.35. The molecule has 1 heterocycles. The molecule has 17 heavy (non-hydrogen) atoms. The van der Waals surface area contributed by atoms with Crippen LogP contribution in [-0.4, -0.2) is 17.7 Å². The van der Waals surface area contributed by atoms with Gasteiger partial charge in [-0.25, -0.2) is 0 Å². The average molecular weight is 231 g/mol. The highest BCUT2D eigenvalue weighted by Gasteiger charge is 2.30. The van der Waals surface area contributed by atoms with E-state index in [0.29, 0.717) is 0 Å². The van der Waals surface area contributed by atoms with E-state index in [9.17, 15) is 4.79 Å². The largest absolute Gasteiger partial charge is 0.303 e. The molecule has 2 heteroatoms. The van der Waals surface area contributed by atoms with E-state index in [0.717, 1.165) is 38.8 Å². The first-order valence-corrected chi connectivity index (χ1v) is 6.48. The molecule has 0 amide bonds. The molecule has 1 aliphatic rings. The van der Waals surface area contributed by atoms with Gasteiger partial charge in [0.15, 0.2) is 0 Å². The second-order valence-corrected chi connectivity index (χ2v) is 5.10. The highest BCUT2D eigenvalue weighted by Crippen LogP contribution is 2.30. The molecule has 2 rings (SSSR count). The zero-order chi connectivity index (χ0) is 12.3. The Bertz CT molecular complexity index is 371. The zero-order valence-electron chi connectivity index (χ0n) is 10.8. The fraction of sp³-hybridized carbons (Fsp3) is 0.533. The molecule has 0 radical (unpaired) electrons. The van der Waals surface area contributed by atoms with Gasteiger partial charge in [0, 0.05) is 25.0 Å². The molecule has 0 fully saturated rings. The van der Waals surface area contributed by atoms with Crippen LogP contribution < -0.4 is 0 Å². The van der Waals surface area contributed by atoms with Gasteiger partial charge in [0.05, 0.1) is 0 Å². The second kappa shape index (κ2) is 5.01. The normalized spacial score (nSPS) is 15.9. The van der Waals surface area contributed by atoms with Gasteiger partial charge in [-0.2, -0.15) is 0 Å². The number of rotatable bonds is 5. The number of fused-ring (bicyclic) bond motifs is 1. The van der Waals surface area contributed by atoms with Gasteiger partial charge < -0.3 is 4.79 Å². The third-order valence-electron chi connectivity index (χ3n) is 4.10. The van der Waals surface area contributed by atoms with Gasteiger partial charge in [-0.15, -0.1) is 0 Å². The minimum Gasteiger partial charge on any atom is -0.303 e. The van der Waals surface area contributed by atoms with Crippen LogP contribution in [0.15, 0.2) is 24.3 Å². The maximum atomic E-state index is 11.3. The number of hydrogen-bond donors (Lipinski definition) is 0. The molecule has 0 aliphatic carbocycles. The van der Waals surface area contributed by atoms with E-state index in [1.165, 1.54) is 11.1 Å². The molecular weight excluding hydrogens is 210 g/mol. The number of aldehydes is 1. The minimum atomic E-state index is -0.151. The standard InChI is InChI=1S/C15H21NO/c1-3-15(4-2,12-17)11-16-9-13-7-5-6-8-14(13)10-16/h5-8,12H,3-4,9-11H2,1-2H3. The van der Waals surface area contributed by atoms with E-state index in [-0.39, 0.29) is 5.41 Å². The Kier molecular flexibility index (Phi) is 3.63. The number of hydrogen-bond acceptors (Lipinski definition) is 2. The van der Waals surface area contributed by atoms with Gasteiger partial charge in [-0.1, -0.05) is 38.1 Å². The predicted molar refractivity (Wildman–Crippen MR) is 69.6 cm³/mol. The quantitative estimate of drug-likeness (QED) is 0.726. The van der Waals surface area contributed by atoms with Gasteiger partial charge in [0.2, 0.25) is 0 Å². The van der Waals surface area contributed by atoms with Crippen molar-refractivity contribution in [1.29, 1.82) is 0 Å². The molecule has 0 saturated carbocycles. The van der Waals surface area contributed by atoms with Gasteiger partial charge in [0.1, 0.15) is 6.29 Å². The van der Waals surface area contributed by atoms with E-state index in [1.807, 2.05) is 0 Å². The van der Waals surface area contributed by atoms with Crippen molar-refractivity contribution in [2.24, 2.45) is 5.41 Å². The molecule has 0 N–H and O–H groups in total. The number of nitrogens with zero attached hydrogens (tertiary/aromatic N) is 1. The molecule has 1 aromatic rings. The van der Waals surface area contributed by atoms with E-state index in [2.05, 4.69) is 43.0 Å². The van der Waals surface area contributed by atoms with E-state index in [4.69, 9.17) is 0 Å². The van der Waals surface area contributed by atoms with Crippen molar-refractivity contribution < 1.29 is 4.79 Å².